The zero-order valence-electron chi connectivity index (χ0n) is 13.5. The summed E-state index contributed by atoms with van der Waals surface area (Å²) in [6.07, 6.45) is 0.855. The Morgan fingerprint density at radius 3 is 2.62 bits per heavy atom. The first-order valence-electron chi connectivity index (χ1n) is 7.48. The van der Waals surface area contributed by atoms with Crippen LogP contribution in [0, 0.1) is 19.8 Å². The minimum Gasteiger partial charge on any atom is -0.315 e. The summed E-state index contributed by atoms with van der Waals surface area (Å²) in [5.41, 5.74) is 1.32. The fraction of sp³-hybridized carbons (Fsp3) is 0.786. The van der Waals surface area contributed by atoms with Gasteiger partial charge in [-0.2, -0.15) is 9.40 Å². The number of nitrogens with zero attached hydrogens (tertiary/aromatic N) is 3. The molecule has 7 heteroatoms. The number of rotatable bonds is 5. The Labute approximate surface area is 127 Å². The Hall–Kier alpha value is -0.920. The SMILES string of the molecule is Cc1nn(CC(C)C)c(C)c1S(=O)(=O)N(C)C1CCNC1. The van der Waals surface area contributed by atoms with Gasteiger partial charge in [0.05, 0.1) is 11.4 Å². The number of aromatic nitrogens is 2. The molecule has 0 saturated carbocycles. The molecule has 0 radical (unpaired) electrons. The molecule has 1 aliphatic rings. The van der Waals surface area contributed by atoms with Crippen molar-refractivity contribution in [1.29, 1.82) is 0 Å². The highest BCUT2D eigenvalue weighted by Crippen LogP contribution is 2.25. The van der Waals surface area contributed by atoms with Crippen LogP contribution in [0.5, 0.6) is 0 Å². The zero-order chi connectivity index (χ0) is 15.8. The smallest absolute Gasteiger partial charge is 0.246 e. The van der Waals surface area contributed by atoms with Gasteiger partial charge in [-0.1, -0.05) is 13.8 Å². The van der Waals surface area contributed by atoms with E-state index in [2.05, 4.69) is 24.3 Å². The third-order valence-electron chi connectivity index (χ3n) is 4.04. The Morgan fingerprint density at radius 2 is 2.10 bits per heavy atom. The first kappa shape index (κ1) is 16.5. The van der Waals surface area contributed by atoms with Gasteiger partial charge >= 0.3 is 0 Å². The summed E-state index contributed by atoms with van der Waals surface area (Å²) in [7, 11) is -1.82. The van der Waals surface area contributed by atoms with Crippen LogP contribution >= 0.6 is 0 Å². The Kier molecular flexibility index (Phi) is 4.75. The van der Waals surface area contributed by atoms with Crippen molar-refractivity contribution in [3.05, 3.63) is 11.4 Å². The van der Waals surface area contributed by atoms with Crippen LogP contribution in [0.1, 0.15) is 31.7 Å². The summed E-state index contributed by atoms with van der Waals surface area (Å²) in [5, 5.41) is 7.63. The van der Waals surface area contributed by atoms with Gasteiger partial charge in [-0.15, -0.1) is 0 Å². The molecule has 2 rings (SSSR count). The molecule has 0 aromatic carbocycles. The van der Waals surface area contributed by atoms with Crippen molar-refractivity contribution in [2.75, 3.05) is 20.1 Å². The van der Waals surface area contributed by atoms with Crippen molar-refractivity contribution >= 4 is 10.0 Å². The van der Waals surface area contributed by atoms with Crippen LogP contribution in [-0.4, -0.2) is 48.7 Å². The van der Waals surface area contributed by atoms with E-state index in [0.717, 1.165) is 25.2 Å². The number of hydrogen-bond acceptors (Lipinski definition) is 4. The summed E-state index contributed by atoms with van der Waals surface area (Å²) in [6, 6.07) is 0.0299. The van der Waals surface area contributed by atoms with Crippen molar-refractivity contribution in [3.63, 3.8) is 0 Å². The molecule has 1 saturated heterocycles. The average Bonchev–Trinajstić information content (AvgIpc) is 2.97. The fourth-order valence-electron chi connectivity index (χ4n) is 2.87. The Balaban J connectivity index is 2.37. The van der Waals surface area contributed by atoms with Crippen molar-refractivity contribution in [3.8, 4) is 0 Å². The lowest BCUT2D eigenvalue weighted by atomic mass is 10.2. The van der Waals surface area contributed by atoms with Crippen LogP contribution in [-0.2, 0) is 16.6 Å². The molecule has 1 aliphatic heterocycles. The second kappa shape index (κ2) is 6.06. The third-order valence-corrected chi connectivity index (χ3v) is 6.20. The fourth-order valence-corrected chi connectivity index (χ4v) is 4.62. The van der Waals surface area contributed by atoms with E-state index in [-0.39, 0.29) is 6.04 Å². The van der Waals surface area contributed by atoms with Gasteiger partial charge in [0.1, 0.15) is 4.90 Å². The monoisotopic (exact) mass is 314 g/mol. The Morgan fingerprint density at radius 1 is 1.43 bits per heavy atom. The molecule has 6 nitrogen and oxygen atoms in total. The van der Waals surface area contributed by atoms with Crippen LogP contribution in [0.15, 0.2) is 4.90 Å². The summed E-state index contributed by atoms with van der Waals surface area (Å²) >= 11 is 0. The van der Waals surface area contributed by atoms with Gasteiger partial charge in [0.2, 0.25) is 10.0 Å². The minimum atomic E-state index is -3.49. The molecule has 1 aromatic rings. The molecule has 0 spiro atoms. The number of hydrogen-bond donors (Lipinski definition) is 1. The molecular weight excluding hydrogens is 288 g/mol. The van der Waals surface area contributed by atoms with E-state index in [0.29, 0.717) is 23.1 Å². The highest BCUT2D eigenvalue weighted by molar-refractivity contribution is 7.89. The van der Waals surface area contributed by atoms with Crippen molar-refractivity contribution < 1.29 is 8.42 Å². The maximum absolute atomic E-state index is 12.9. The standard InChI is InChI=1S/C14H26N4O2S/c1-10(2)9-18-12(4)14(11(3)16-18)21(19,20)17(5)13-6-7-15-8-13/h10,13,15H,6-9H2,1-5H3. The number of likely N-dealkylation sites (N-methyl/N-ethyl adjacent to an activating group) is 1. The molecule has 2 heterocycles. The van der Waals surface area contributed by atoms with Crippen LogP contribution in [0.25, 0.3) is 0 Å². The van der Waals surface area contributed by atoms with E-state index in [1.807, 2.05) is 11.6 Å². The molecule has 21 heavy (non-hydrogen) atoms. The lowest BCUT2D eigenvalue weighted by Crippen LogP contribution is -2.38. The maximum atomic E-state index is 12.9. The molecule has 0 amide bonds. The molecule has 120 valence electrons. The highest BCUT2D eigenvalue weighted by atomic mass is 32.2. The molecule has 1 aromatic heterocycles. The van der Waals surface area contributed by atoms with Crippen molar-refractivity contribution in [2.45, 2.75) is 51.6 Å². The van der Waals surface area contributed by atoms with Gasteiger partial charge in [0, 0.05) is 26.2 Å². The van der Waals surface area contributed by atoms with E-state index in [1.165, 1.54) is 4.31 Å². The number of aryl methyl sites for hydroxylation is 1. The van der Waals surface area contributed by atoms with Gasteiger partial charge in [-0.25, -0.2) is 8.42 Å². The third kappa shape index (κ3) is 3.14. The topological polar surface area (TPSA) is 67.2 Å². The van der Waals surface area contributed by atoms with Crippen molar-refractivity contribution in [1.82, 2.24) is 19.4 Å². The molecule has 1 atom stereocenters. The lowest BCUT2D eigenvalue weighted by molar-refractivity contribution is 0.387. The first-order valence-corrected chi connectivity index (χ1v) is 8.92. The molecule has 0 aliphatic carbocycles. The largest absolute Gasteiger partial charge is 0.315 e. The van der Waals surface area contributed by atoms with E-state index in [4.69, 9.17) is 0 Å². The summed E-state index contributed by atoms with van der Waals surface area (Å²) in [6.45, 7) is 10.1. The van der Waals surface area contributed by atoms with E-state index >= 15 is 0 Å². The predicted octanol–water partition coefficient (Wildman–Crippen LogP) is 1.14. The summed E-state index contributed by atoms with van der Waals surface area (Å²) in [5.74, 6) is 0.426. The maximum Gasteiger partial charge on any atom is 0.246 e. The van der Waals surface area contributed by atoms with Gasteiger partial charge < -0.3 is 5.32 Å². The number of sulfonamides is 1. The highest BCUT2D eigenvalue weighted by Gasteiger charge is 2.34. The second-order valence-corrected chi connectivity index (χ2v) is 8.18. The molecule has 0 bridgehead atoms. The van der Waals surface area contributed by atoms with Gasteiger partial charge in [0.15, 0.2) is 0 Å². The van der Waals surface area contributed by atoms with Gasteiger partial charge in [-0.3, -0.25) is 4.68 Å². The van der Waals surface area contributed by atoms with E-state index in [9.17, 15) is 8.42 Å². The van der Waals surface area contributed by atoms with Crippen LogP contribution in [0.2, 0.25) is 0 Å². The molecule has 1 fully saturated rings. The normalized spacial score (nSPS) is 19.9. The summed E-state index contributed by atoms with van der Waals surface area (Å²) in [4.78, 5) is 0.373. The van der Waals surface area contributed by atoms with E-state index < -0.39 is 10.0 Å². The average molecular weight is 314 g/mol. The van der Waals surface area contributed by atoms with Gasteiger partial charge in [0.25, 0.3) is 0 Å². The second-order valence-electron chi connectivity index (χ2n) is 6.24. The summed E-state index contributed by atoms with van der Waals surface area (Å²) < 4.78 is 29.1. The number of nitrogens with one attached hydrogen (secondary N) is 1. The van der Waals surface area contributed by atoms with Crippen molar-refractivity contribution in [2.24, 2.45) is 5.92 Å². The van der Waals surface area contributed by atoms with Crippen LogP contribution < -0.4 is 5.32 Å². The molecule has 1 N–H and O–H groups in total. The zero-order valence-corrected chi connectivity index (χ0v) is 14.4. The quantitative estimate of drug-likeness (QED) is 0.885. The molecule has 1 unspecified atom stereocenters. The van der Waals surface area contributed by atoms with Crippen LogP contribution in [0.3, 0.4) is 0 Å². The van der Waals surface area contributed by atoms with E-state index in [1.54, 1.807) is 14.0 Å². The van der Waals surface area contributed by atoms with Gasteiger partial charge in [-0.05, 0) is 32.7 Å². The predicted molar refractivity (Wildman–Crippen MR) is 82.8 cm³/mol. The first-order chi connectivity index (χ1) is 9.75. The lowest BCUT2D eigenvalue weighted by Gasteiger charge is -2.23. The minimum absolute atomic E-state index is 0.0299. The Bertz CT molecular complexity index is 601. The molecular formula is C14H26N4O2S. The van der Waals surface area contributed by atoms with Crippen LogP contribution in [0.4, 0.5) is 0 Å².